The number of hydrogen-bond acceptors (Lipinski definition) is 2. The molecule has 0 aliphatic heterocycles. The van der Waals surface area contributed by atoms with Gasteiger partial charge in [-0.3, -0.25) is 4.99 Å². The molecule has 1 rings (SSSR count). The molecule has 1 fully saturated rings. The maximum absolute atomic E-state index is 5.92. The average molecular weight is 198 g/mol. The summed E-state index contributed by atoms with van der Waals surface area (Å²) in [6, 6.07) is 0. The van der Waals surface area contributed by atoms with E-state index in [1.807, 2.05) is 6.92 Å². The quantitative estimate of drug-likeness (QED) is 0.522. The van der Waals surface area contributed by atoms with Crippen molar-refractivity contribution in [3.05, 3.63) is 0 Å². The zero-order valence-corrected chi connectivity index (χ0v) is 9.49. The topological polar surface area (TPSA) is 47.6 Å². The van der Waals surface area contributed by atoms with E-state index < -0.39 is 0 Å². The number of nitrogens with zero attached hydrogens (tertiary/aromatic N) is 1. The van der Waals surface area contributed by atoms with Crippen LogP contribution in [-0.4, -0.2) is 25.1 Å². The van der Waals surface area contributed by atoms with E-state index in [0.29, 0.717) is 17.7 Å². The lowest BCUT2D eigenvalue weighted by molar-refractivity contribution is 0.0935. The van der Waals surface area contributed by atoms with E-state index >= 15 is 0 Å². The minimum atomic E-state index is 0.0822. The van der Waals surface area contributed by atoms with Crippen molar-refractivity contribution in [1.82, 2.24) is 0 Å². The second kappa shape index (κ2) is 5.35. The first-order valence-corrected chi connectivity index (χ1v) is 5.56. The molecule has 3 nitrogen and oxygen atoms in total. The van der Waals surface area contributed by atoms with Gasteiger partial charge in [0.15, 0.2) is 0 Å². The molecule has 0 aromatic heterocycles. The molecule has 1 saturated carbocycles. The van der Waals surface area contributed by atoms with Crippen LogP contribution in [0.4, 0.5) is 0 Å². The number of nitrogens with two attached hydrogens (primary N) is 1. The molecule has 0 bridgehead atoms. The fourth-order valence-electron chi connectivity index (χ4n) is 1.42. The van der Waals surface area contributed by atoms with Crippen LogP contribution >= 0.6 is 0 Å². The molecule has 0 saturated heterocycles. The molecular weight excluding hydrogens is 176 g/mol. The van der Waals surface area contributed by atoms with Crippen molar-refractivity contribution in [2.45, 2.75) is 39.7 Å². The van der Waals surface area contributed by atoms with Gasteiger partial charge in [-0.05, 0) is 31.6 Å². The molecule has 1 unspecified atom stereocenters. The molecule has 2 N–H and O–H groups in total. The Balaban J connectivity index is 2.44. The van der Waals surface area contributed by atoms with Crippen LogP contribution in [0.2, 0.25) is 0 Å². The van der Waals surface area contributed by atoms with Crippen LogP contribution in [0.5, 0.6) is 0 Å². The molecular formula is C11H22N2O. The molecule has 0 radical (unpaired) electrons. The van der Waals surface area contributed by atoms with Crippen molar-refractivity contribution >= 4 is 5.84 Å². The Labute approximate surface area is 86.7 Å². The molecule has 0 aromatic carbocycles. The van der Waals surface area contributed by atoms with Gasteiger partial charge in [0.2, 0.25) is 0 Å². The molecule has 0 spiro atoms. The molecule has 14 heavy (non-hydrogen) atoms. The highest BCUT2D eigenvalue weighted by molar-refractivity contribution is 5.85. The first-order valence-electron chi connectivity index (χ1n) is 5.56. The molecule has 1 aliphatic carbocycles. The smallest absolute Gasteiger partial charge is 0.123 e. The summed E-state index contributed by atoms with van der Waals surface area (Å²) in [4.78, 5) is 4.37. The third-order valence-corrected chi connectivity index (χ3v) is 2.33. The maximum atomic E-state index is 5.92. The fourth-order valence-corrected chi connectivity index (χ4v) is 1.42. The highest BCUT2D eigenvalue weighted by Gasteiger charge is 2.34. The van der Waals surface area contributed by atoms with Gasteiger partial charge in [-0.25, -0.2) is 0 Å². The number of ether oxygens (including phenoxy) is 1. The number of hydrogen-bond donors (Lipinski definition) is 1. The van der Waals surface area contributed by atoms with Crippen molar-refractivity contribution in [2.24, 2.45) is 22.6 Å². The van der Waals surface area contributed by atoms with Crippen molar-refractivity contribution < 1.29 is 4.74 Å². The second-order valence-electron chi connectivity index (χ2n) is 4.37. The molecule has 1 atom stereocenters. The normalized spacial score (nSPS) is 20.1. The van der Waals surface area contributed by atoms with E-state index in [4.69, 9.17) is 10.5 Å². The van der Waals surface area contributed by atoms with Crippen LogP contribution in [0, 0.1) is 11.8 Å². The summed E-state index contributed by atoms with van der Waals surface area (Å²) >= 11 is 0. The summed E-state index contributed by atoms with van der Waals surface area (Å²) in [5, 5.41) is 0. The Morgan fingerprint density at radius 3 is 2.57 bits per heavy atom. The predicted octanol–water partition coefficient (Wildman–Crippen LogP) is 1.81. The molecule has 0 aromatic rings. The molecule has 0 amide bonds. The molecule has 3 heteroatoms. The van der Waals surface area contributed by atoms with Gasteiger partial charge in [-0.15, -0.1) is 0 Å². The van der Waals surface area contributed by atoms with Crippen LogP contribution in [0.3, 0.4) is 0 Å². The van der Waals surface area contributed by atoms with E-state index in [2.05, 4.69) is 18.8 Å². The van der Waals surface area contributed by atoms with E-state index in [9.17, 15) is 0 Å². The van der Waals surface area contributed by atoms with Gasteiger partial charge in [0.1, 0.15) is 11.9 Å². The Morgan fingerprint density at radius 2 is 2.14 bits per heavy atom. The lowest BCUT2D eigenvalue weighted by Gasteiger charge is -2.16. The van der Waals surface area contributed by atoms with E-state index in [1.165, 1.54) is 12.8 Å². The SMILES string of the molecule is CCOC(C(N)=NCC(C)C)C1CC1. The van der Waals surface area contributed by atoms with Gasteiger partial charge >= 0.3 is 0 Å². The Bertz CT molecular complexity index is 197. The average Bonchev–Trinajstić information content (AvgIpc) is 2.93. The Hall–Kier alpha value is -0.570. The summed E-state index contributed by atoms with van der Waals surface area (Å²) in [6.45, 7) is 7.82. The minimum Gasteiger partial charge on any atom is -0.385 e. The first-order chi connectivity index (χ1) is 6.65. The highest BCUT2D eigenvalue weighted by Crippen LogP contribution is 2.34. The predicted molar refractivity (Wildman–Crippen MR) is 59.5 cm³/mol. The van der Waals surface area contributed by atoms with Crippen LogP contribution in [0.25, 0.3) is 0 Å². The maximum Gasteiger partial charge on any atom is 0.123 e. The summed E-state index contributed by atoms with van der Waals surface area (Å²) in [5.74, 6) is 1.89. The third-order valence-electron chi connectivity index (χ3n) is 2.33. The number of amidine groups is 1. The highest BCUT2D eigenvalue weighted by atomic mass is 16.5. The third kappa shape index (κ3) is 3.66. The van der Waals surface area contributed by atoms with Crippen LogP contribution in [-0.2, 0) is 4.74 Å². The summed E-state index contributed by atoms with van der Waals surface area (Å²) in [5.41, 5.74) is 5.92. The summed E-state index contributed by atoms with van der Waals surface area (Å²) < 4.78 is 5.60. The zero-order valence-electron chi connectivity index (χ0n) is 9.49. The Morgan fingerprint density at radius 1 is 1.50 bits per heavy atom. The molecule has 0 heterocycles. The van der Waals surface area contributed by atoms with Crippen molar-refractivity contribution in [1.29, 1.82) is 0 Å². The van der Waals surface area contributed by atoms with Crippen LogP contribution in [0.15, 0.2) is 4.99 Å². The van der Waals surface area contributed by atoms with Crippen LogP contribution in [0.1, 0.15) is 33.6 Å². The largest absolute Gasteiger partial charge is 0.385 e. The second-order valence-corrected chi connectivity index (χ2v) is 4.37. The zero-order chi connectivity index (χ0) is 10.6. The standard InChI is InChI=1S/C11H22N2O/c1-4-14-10(9-5-6-9)11(12)13-7-8(2)3/h8-10H,4-7H2,1-3H3,(H2,12,13). The first kappa shape index (κ1) is 11.5. The summed E-state index contributed by atoms with van der Waals surface area (Å²) in [7, 11) is 0. The summed E-state index contributed by atoms with van der Waals surface area (Å²) in [6.07, 6.45) is 2.56. The van der Waals surface area contributed by atoms with Gasteiger partial charge in [-0.1, -0.05) is 13.8 Å². The van der Waals surface area contributed by atoms with Crippen molar-refractivity contribution in [2.75, 3.05) is 13.2 Å². The molecule has 82 valence electrons. The van der Waals surface area contributed by atoms with Gasteiger partial charge in [0, 0.05) is 13.2 Å². The van der Waals surface area contributed by atoms with E-state index in [0.717, 1.165) is 13.2 Å². The Kier molecular flexibility index (Phi) is 4.39. The van der Waals surface area contributed by atoms with E-state index in [-0.39, 0.29) is 6.10 Å². The van der Waals surface area contributed by atoms with Crippen molar-refractivity contribution in [3.8, 4) is 0 Å². The lowest BCUT2D eigenvalue weighted by Crippen LogP contribution is -2.34. The monoisotopic (exact) mass is 198 g/mol. The van der Waals surface area contributed by atoms with Gasteiger partial charge in [-0.2, -0.15) is 0 Å². The van der Waals surface area contributed by atoms with Gasteiger partial charge in [0.05, 0.1) is 0 Å². The van der Waals surface area contributed by atoms with Crippen molar-refractivity contribution in [3.63, 3.8) is 0 Å². The fraction of sp³-hybridized carbons (Fsp3) is 0.909. The molecule has 1 aliphatic rings. The lowest BCUT2D eigenvalue weighted by atomic mass is 10.2. The minimum absolute atomic E-state index is 0.0822. The van der Waals surface area contributed by atoms with Gasteiger partial charge < -0.3 is 10.5 Å². The number of rotatable bonds is 6. The van der Waals surface area contributed by atoms with E-state index in [1.54, 1.807) is 0 Å². The van der Waals surface area contributed by atoms with Gasteiger partial charge in [0.25, 0.3) is 0 Å². The van der Waals surface area contributed by atoms with Crippen LogP contribution < -0.4 is 5.73 Å². The number of aliphatic imine (C=N–C) groups is 1.